The quantitative estimate of drug-likeness (QED) is 0.765. The fourth-order valence-electron chi connectivity index (χ4n) is 2.36. The number of fused-ring (bicyclic) bond motifs is 1. The van der Waals surface area contributed by atoms with Crippen LogP contribution < -0.4 is 5.32 Å². The van der Waals surface area contributed by atoms with E-state index in [2.05, 4.69) is 72.9 Å². The van der Waals surface area contributed by atoms with Crippen LogP contribution in [0, 0.1) is 0 Å². The van der Waals surface area contributed by atoms with Crippen molar-refractivity contribution in [2.45, 2.75) is 26.4 Å². The molecule has 2 aromatic carbocycles. The topological polar surface area (TPSA) is 29.9 Å². The Balaban J connectivity index is 1.79. The molecule has 102 valence electrons. The Hall–Kier alpha value is -2.29. The maximum atomic E-state index is 4.34. The number of aromatic nitrogens is 2. The van der Waals surface area contributed by atoms with Crippen LogP contribution in [0.1, 0.15) is 25.5 Å². The summed E-state index contributed by atoms with van der Waals surface area (Å²) in [5, 5.41) is 10.4. The lowest BCUT2D eigenvalue weighted by Crippen LogP contribution is -2.01. The average molecular weight is 265 g/mol. The van der Waals surface area contributed by atoms with Crippen molar-refractivity contribution >= 4 is 16.5 Å². The van der Waals surface area contributed by atoms with E-state index in [1.807, 2.05) is 10.9 Å². The van der Waals surface area contributed by atoms with Crippen molar-refractivity contribution in [3.63, 3.8) is 0 Å². The first-order valence-corrected chi connectivity index (χ1v) is 6.99. The highest BCUT2D eigenvalue weighted by Gasteiger charge is 2.03. The largest absolute Gasteiger partial charge is 0.378 e. The Morgan fingerprint density at radius 2 is 1.90 bits per heavy atom. The molecule has 0 unspecified atom stereocenters. The maximum absolute atomic E-state index is 4.34. The van der Waals surface area contributed by atoms with Crippen molar-refractivity contribution in [1.82, 2.24) is 9.78 Å². The van der Waals surface area contributed by atoms with Gasteiger partial charge in [0.15, 0.2) is 0 Å². The standard InChI is InChI=1S/C17H19N3/c1-13(2)20-12-16(11-19-20)18-10-15-8-5-7-14-6-3-4-9-17(14)15/h3-9,11-13,18H,10H2,1-2H3. The molecule has 3 heteroatoms. The van der Waals surface area contributed by atoms with E-state index in [0.717, 1.165) is 12.2 Å². The molecule has 0 aliphatic rings. The van der Waals surface area contributed by atoms with Gasteiger partial charge in [-0.05, 0) is 30.2 Å². The molecule has 0 amide bonds. The third-order valence-electron chi connectivity index (χ3n) is 3.49. The molecule has 0 bridgehead atoms. The third kappa shape index (κ3) is 2.52. The van der Waals surface area contributed by atoms with Gasteiger partial charge in [0.25, 0.3) is 0 Å². The summed E-state index contributed by atoms with van der Waals surface area (Å²) in [6, 6.07) is 15.3. The molecule has 1 heterocycles. The highest BCUT2D eigenvalue weighted by molar-refractivity contribution is 5.85. The van der Waals surface area contributed by atoms with Gasteiger partial charge in [-0.3, -0.25) is 4.68 Å². The molecule has 20 heavy (non-hydrogen) atoms. The normalized spacial score (nSPS) is 11.2. The summed E-state index contributed by atoms with van der Waals surface area (Å²) < 4.78 is 1.96. The van der Waals surface area contributed by atoms with Crippen molar-refractivity contribution in [2.24, 2.45) is 0 Å². The minimum absolute atomic E-state index is 0.392. The van der Waals surface area contributed by atoms with Crippen LogP contribution in [-0.2, 0) is 6.54 Å². The van der Waals surface area contributed by atoms with E-state index in [1.165, 1.54) is 16.3 Å². The predicted octanol–water partition coefficient (Wildman–Crippen LogP) is 4.23. The van der Waals surface area contributed by atoms with Gasteiger partial charge in [0.2, 0.25) is 0 Å². The molecule has 1 aromatic heterocycles. The summed E-state index contributed by atoms with van der Waals surface area (Å²) in [5.41, 5.74) is 2.37. The summed E-state index contributed by atoms with van der Waals surface area (Å²) in [6.45, 7) is 5.06. The molecule has 1 N–H and O–H groups in total. The van der Waals surface area contributed by atoms with Crippen LogP contribution in [0.25, 0.3) is 10.8 Å². The number of anilines is 1. The van der Waals surface area contributed by atoms with E-state index < -0.39 is 0 Å². The molecular formula is C17H19N3. The first-order chi connectivity index (χ1) is 9.74. The molecular weight excluding hydrogens is 246 g/mol. The molecule has 0 atom stereocenters. The molecule has 0 aliphatic heterocycles. The average Bonchev–Trinajstić information content (AvgIpc) is 2.94. The SMILES string of the molecule is CC(C)n1cc(NCc2cccc3ccccc23)cn1. The molecule has 0 saturated heterocycles. The molecule has 3 rings (SSSR count). The van der Waals surface area contributed by atoms with Crippen LogP contribution >= 0.6 is 0 Å². The van der Waals surface area contributed by atoms with E-state index in [0.29, 0.717) is 6.04 Å². The Kier molecular flexibility index (Phi) is 3.42. The second-order valence-corrected chi connectivity index (χ2v) is 5.29. The van der Waals surface area contributed by atoms with Gasteiger partial charge < -0.3 is 5.32 Å². The number of rotatable bonds is 4. The van der Waals surface area contributed by atoms with E-state index >= 15 is 0 Å². The zero-order chi connectivity index (χ0) is 13.9. The summed E-state index contributed by atoms with van der Waals surface area (Å²) >= 11 is 0. The van der Waals surface area contributed by atoms with Crippen LogP contribution in [-0.4, -0.2) is 9.78 Å². The highest BCUT2D eigenvalue weighted by atomic mass is 15.3. The van der Waals surface area contributed by atoms with E-state index in [1.54, 1.807) is 0 Å². The summed E-state index contributed by atoms with van der Waals surface area (Å²) in [7, 11) is 0. The first kappa shape index (κ1) is 12.7. The van der Waals surface area contributed by atoms with Gasteiger partial charge in [0, 0.05) is 18.8 Å². The monoisotopic (exact) mass is 265 g/mol. The number of hydrogen-bond acceptors (Lipinski definition) is 2. The van der Waals surface area contributed by atoms with E-state index in [4.69, 9.17) is 0 Å². The number of nitrogens with zero attached hydrogens (tertiary/aromatic N) is 2. The van der Waals surface area contributed by atoms with Gasteiger partial charge in [-0.2, -0.15) is 5.10 Å². The second-order valence-electron chi connectivity index (χ2n) is 5.29. The lowest BCUT2D eigenvalue weighted by atomic mass is 10.0. The summed E-state index contributed by atoms with van der Waals surface area (Å²) in [4.78, 5) is 0. The molecule has 0 saturated carbocycles. The third-order valence-corrected chi connectivity index (χ3v) is 3.49. The minimum Gasteiger partial charge on any atom is -0.378 e. The van der Waals surface area contributed by atoms with Gasteiger partial charge in [-0.15, -0.1) is 0 Å². The second kappa shape index (κ2) is 5.37. The van der Waals surface area contributed by atoms with E-state index in [-0.39, 0.29) is 0 Å². The number of hydrogen-bond donors (Lipinski definition) is 1. The maximum Gasteiger partial charge on any atom is 0.0729 e. The fraction of sp³-hybridized carbons (Fsp3) is 0.235. The zero-order valence-corrected chi connectivity index (χ0v) is 11.9. The van der Waals surface area contributed by atoms with Crippen molar-refractivity contribution in [3.8, 4) is 0 Å². The Bertz CT molecular complexity index is 708. The molecule has 3 aromatic rings. The predicted molar refractivity (Wildman–Crippen MR) is 83.9 cm³/mol. The summed E-state index contributed by atoms with van der Waals surface area (Å²) in [5.74, 6) is 0. The van der Waals surface area contributed by atoms with E-state index in [9.17, 15) is 0 Å². The van der Waals surface area contributed by atoms with Gasteiger partial charge >= 0.3 is 0 Å². The van der Waals surface area contributed by atoms with Crippen molar-refractivity contribution in [1.29, 1.82) is 0 Å². The van der Waals surface area contributed by atoms with Gasteiger partial charge in [-0.25, -0.2) is 0 Å². The fourth-order valence-corrected chi connectivity index (χ4v) is 2.36. The highest BCUT2D eigenvalue weighted by Crippen LogP contribution is 2.20. The Labute approximate surface area is 119 Å². The molecule has 0 aliphatic carbocycles. The Morgan fingerprint density at radius 3 is 2.70 bits per heavy atom. The van der Waals surface area contributed by atoms with Crippen LogP contribution in [0.3, 0.4) is 0 Å². The molecule has 0 radical (unpaired) electrons. The van der Waals surface area contributed by atoms with Crippen molar-refractivity contribution in [2.75, 3.05) is 5.32 Å². The molecule has 3 nitrogen and oxygen atoms in total. The van der Waals surface area contributed by atoms with Crippen LogP contribution in [0.2, 0.25) is 0 Å². The van der Waals surface area contributed by atoms with Gasteiger partial charge in [-0.1, -0.05) is 42.5 Å². The summed E-state index contributed by atoms with van der Waals surface area (Å²) in [6.07, 6.45) is 3.93. The van der Waals surface area contributed by atoms with Crippen LogP contribution in [0.5, 0.6) is 0 Å². The zero-order valence-electron chi connectivity index (χ0n) is 11.9. The molecule has 0 spiro atoms. The molecule has 0 fully saturated rings. The minimum atomic E-state index is 0.392. The lowest BCUT2D eigenvalue weighted by Gasteiger charge is -2.08. The first-order valence-electron chi connectivity index (χ1n) is 6.99. The number of benzene rings is 2. The number of nitrogens with one attached hydrogen (secondary N) is 1. The van der Waals surface area contributed by atoms with Crippen molar-refractivity contribution in [3.05, 3.63) is 60.4 Å². The van der Waals surface area contributed by atoms with Crippen LogP contribution in [0.15, 0.2) is 54.9 Å². The van der Waals surface area contributed by atoms with Gasteiger partial charge in [0.1, 0.15) is 0 Å². The Morgan fingerprint density at radius 1 is 1.10 bits per heavy atom. The van der Waals surface area contributed by atoms with Crippen molar-refractivity contribution < 1.29 is 0 Å². The lowest BCUT2D eigenvalue weighted by molar-refractivity contribution is 0.532. The smallest absolute Gasteiger partial charge is 0.0729 e. The van der Waals surface area contributed by atoms with Gasteiger partial charge in [0.05, 0.1) is 11.9 Å². The van der Waals surface area contributed by atoms with Crippen LogP contribution in [0.4, 0.5) is 5.69 Å².